The monoisotopic (exact) mass is 591 g/mol. The summed E-state index contributed by atoms with van der Waals surface area (Å²) >= 11 is 0. The van der Waals surface area contributed by atoms with Crippen molar-refractivity contribution in [1.29, 1.82) is 0 Å². The predicted molar refractivity (Wildman–Crippen MR) is 161 cm³/mol. The molecule has 11 heteroatoms. The number of hydrogen-bond acceptors (Lipinski definition) is 7. The van der Waals surface area contributed by atoms with Crippen molar-refractivity contribution < 1.29 is 23.4 Å². The first-order valence-corrected chi connectivity index (χ1v) is 14.2. The van der Waals surface area contributed by atoms with Crippen molar-refractivity contribution in [3.05, 3.63) is 75.7 Å². The van der Waals surface area contributed by atoms with E-state index in [4.69, 9.17) is 4.74 Å². The van der Waals surface area contributed by atoms with Crippen LogP contribution in [0.5, 0.6) is 5.75 Å². The highest BCUT2D eigenvalue weighted by Crippen LogP contribution is 2.36. The number of phenols is 1. The summed E-state index contributed by atoms with van der Waals surface area (Å²) in [5.74, 6) is -2.00. The number of anilines is 1. The second-order valence-electron chi connectivity index (χ2n) is 12.0. The molecule has 4 aromatic rings. The summed E-state index contributed by atoms with van der Waals surface area (Å²) in [6.07, 6.45) is -0.441. The van der Waals surface area contributed by atoms with E-state index in [0.29, 0.717) is 31.9 Å². The minimum atomic E-state index is -0.887. The Morgan fingerprint density at radius 1 is 1.00 bits per heavy atom. The average Bonchev–Trinajstić information content (AvgIpc) is 2.92. The van der Waals surface area contributed by atoms with Crippen LogP contribution in [0.15, 0.2) is 47.3 Å². The number of carbonyl (C=O) groups excluding carboxylic acids is 1. The smallest absolute Gasteiger partial charge is 0.410 e. The number of phenolic OH excluding ortho intramolecular Hbond substituents is 1. The maximum absolute atomic E-state index is 15.8. The lowest BCUT2D eigenvalue weighted by Gasteiger charge is -2.36. The second-order valence-corrected chi connectivity index (χ2v) is 12.0. The van der Waals surface area contributed by atoms with Gasteiger partial charge in [-0.3, -0.25) is 0 Å². The molecular formula is C32H35F2N5O4. The van der Waals surface area contributed by atoms with Crippen molar-refractivity contribution in [2.45, 2.75) is 53.1 Å². The molecule has 3 heterocycles. The highest BCUT2D eigenvalue weighted by atomic mass is 19.1. The van der Waals surface area contributed by atoms with E-state index < -0.39 is 46.0 Å². The molecule has 2 aromatic heterocycles. The van der Waals surface area contributed by atoms with Gasteiger partial charge in [0, 0.05) is 26.2 Å². The molecule has 0 bridgehead atoms. The number of aromatic hydroxyl groups is 1. The number of nitrogens with zero attached hydrogens (tertiary/aromatic N) is 5. The zero-order valence-corrected chi connectivity index (χ0v) is 25.1. The quantitative estimate of drug-likeness (QED) is 0.314. The molecule has 0 aliphatic carbocycles. The number of aromatic nitrogens is 3. The van der Waals surface area contributed by atoms with Crippen LogP contribution in [0.4, 0.5) is 19.4 Å². The third-order valence-corrected chi connectivity index (χ3v) is 7.38. The fourth-order valence-corrected chi connectivity index (χ4v) is 5.35. The zero-order valence-electron chi connectivity index (χ0n) is 25.1. The molecule has 2 aromatic carbocycles. The summed E-state index contributed by atoms with van der Waals surface area (Å²) in [5.41, 5.74) is 0.137. The van der Waals surface area contributed by atoms with Crippen LogP contribution >= 0.6 is 0 Å². The number of fused-ring (bicyclic) bond motifs is 1. The number of carbonyl (C=O) groups is 1. The molecule has 0 unspecified atom stereocenters. The standard InChI is InChI=1S/C32H35F2N5O4/c1-18(2)20-10-7-9-19(3)27(20)39-29-21(17-23(34)26(35-29)25-22(33)11-8-12-24(25)40)28(36-30(39)41)37-13-15-38(16-14-37)31(42)43-32(4,5)6/h7-12,17-18,40H,13-16H2,1-6H3. The molecule has 0 atom stereocenters. The van der Waals surface area contributed by atoms with Crippen LogP contribution in [-0.4, -0.2) is 62.4 Å². The maximum atomic E-state index is 15.8. The number of amides is 1. The summed E-state index contributed by atoms with van der Waals surface area (Å²) in [7, 11) is 0. The summed E-state index contributed by atoms with van der Waals surface area (Å²) in [5, 5.41) is 10.7. The largest absolute Gasteiger partial charge is 0.507 e. The Bertz CT molecular complexity index is 1750. The number of piperazine rings is 1. The first-order valence-electron chi connectivity index (χ1n) is 14.2. The first-order chi connectivity index (χ1) is 20.3. The molecule has 1 fully saturated rings. The van der Waals surface area contributed by atoms with Crippen LogP contribution < -0.4 is 10.6 Å². The van der Waals surface area contributed by atoms with Gasteiger partial charge < -0.3 is 19.6 Å². The van der Waals surface area contributed by atoms with Gasteiger partial charge in [-0.1, -0.05) is 38.1 Å². The Morgan fingerprint density at radius 3 is 2.30 bits per heavy atom. The number of halogens is 2. The average molecular weight is 592 g/mol. The molecule has 5 rings (SSSR count). The van der Waals surface area contributed by atoms with Crippen molar-refractivity contribution in [1.82, 2.24) is 19.4 Å². The highest BCUT2D eigenvalue weighted by Gasteiger charge is 2.30. The second kappa shape index (κ2) is 11.3. The van der Waals surface area contributed by atoms with E-state index in [1.807, 2.05) is 39.0 Å². The number of ether oxygens (including phenoxy) is 1. The molecule has 1 aliphatic rings. The van der Waals surface area contributed by atoms with Gasteiger partial charge in [0.25, 0.3) is 0 Å². The predicted octanol–water partition coefficient (Wildman–Crippen LogP) is 5.92. The topological polar surface area (TPSA) is 101 Å². The van der Waals surface area contributed by atoms with Crippen molar-refractivity contribution in [3.8, 4) is 22.7 Å². The highest BCUT2D eigenvalue weighted by molar-refractivity contribution is 5.91. The lowest BCUT2D eigenvalue weighted by Crippen LogP contribution is -2.50. The molecule has 1 aliphatic heterocycles. The summed E-state index contributed by atoms with van der Waals surface area (Å²) in [6.45, 7) is 12.4. The third kappa shape index (κ3) is 5.76. The van der Waals surface area contributed by atoms with Gasteiger partial charge in [0.05, 0.1) is 16.6 Å². The molecule has 226 valence electrons. The molecule has 0 spiro atoms. The van der Waals surface area contributed by atoms with E-state index in [0.717, 1.165) is 17.2 Å². The molecule has 1 N–H and O–H groups in total. The number of hydrogen-bond donors (Lipinski definition) is 1. The van der Waals surface area contributed by atoms with Gasteiger partial charge in [0.15, 0.2) is 11.5 Å². The normalized spacial score (nSPS) is 14.1. The van der Waals surface area contributed by atoms with Crippen LogP contribution in [0.2, 0.25) is 0 Å². The van der Waals surface area contributed by atoms with Crippen LogP contribution in [0, 0.1) is 18.6 Å². The van der Waals surface area contributed by atoms with Gasteiger partial charge in [-0.2, -0.15) is 4.98 Å². The summed E-state index contributed by atoms with van der Waals surface area (Å²) in [6, 6.07) is 10.5. The molecule has 0 radical (unpaired) electrons. The number of aryl methyl sites for hydroxylation is 1. The van der Waals surface area contributed by atoms with Gasteiger partial charge >= 0.3 is 11.8 Å². The fourth-order valence-electron chi connectivity index (χ4n) is 5.35. The van der Waals surface area contributed by atoms with Crippen LogP contribution in [0.1, 0.15) is 51.7 Å². The van der Waals surface area contributed by atoms with E-state index in [9.17, 15) is 19.1 Å². The number of pyridine rings is 1. The molecule has 9 nitrogen and oxygen atoms in total. The lowest BCUT2D eigenvalue weighted by atomic mass is 9.98. The van der Waals surface area contributed by atoms with E-state index in [2.05, 4.69) is 9.97 Å². The zero-order chi connectivity index (χ0) is 31.2. The van der Waals surface area contributed by atoms with Crippen molar-refractivity contribution in [2.75, 3.05) is 31.1 Å². The van der Waals surface area contributed by atoms with Crippen molar-refractivity contribution in [2.24, 2.45) is 0 Å². The summed E-state index contributed by atoms with van der Waals surface area (Å²) < 4.78 is 37.6. The minimum absolute atomic E-state index is 0.0213. The van der Waals surface area contributed by atoms with Crippen LogP contribution in [0.25, 0.3) is 28.0 Å². The molecule has 0 saturated carbocycles. The van der Waals surface area contributed by atoms with E-state index in [1.54, 1.807) is 30.6 Å². The van der Waals surface area contributed by atoms with E-state index >= 15 is 4.39 Å². The van der Waals surface area contributed by atoms with Gasteiger partial charge in [0.2, 0.25) is 0 Å². The van der Waals surface area contributed by atoms with E-state index in [-0.39, 0.29) is 22.8 Å². The van der Waals surface area contributed by atoms with Gasteiger partial charge in [-0.15, -0.1) is 0 Å². The summed E-state index contributed by atoms with van der Waals surface area (Å²) in [4.78, 5) is 38.8. The molecule has 1 saturated heterocycles. The Morgan fingerprint density at radius 2 is 1.67 bits per heavy atom. The van der Waals surface area contributed by atoms with Crippen molar-refractivity contribution >= 4 is 22.9 Å². The fraction of sp³-hybridized carbons (Fsp3) is 0.375. The van der Waals surface area contributed by atoms with Crippen LogP contribution in [0.3, 0.4) is 0 Å². The van der Waals surface area contributed by atoms with E-state index in [1.165, 1.54) is 22.8 Å². The Labute approximate surface area is 248 Å². The van der Waals surface area contributed by atoms with Crippen molar-refractivity contribution in [3.63, 3.8) is 0 Å². The maximum Gasteiger partial charge on any atom is 0.410 e. The van der Waals surface area contributed by atoms with Gasteiger partial charge in [-0.05, 0) is 62.9 Å². The Hall–Kier alpha value is -4.54. The van der Waals surface area contributed by atoms with Gasteiger partial charge in [-0.25, -0.2) is 27.9 Å². The Balaban J connectivity index is 1.71. The number of para-hydroxylation sites is 1. The van der Waals surface area contributed by atoms with Crippen LogP contribution in [-0.2, 0) is 4.74 Å². The third-order valence-electron chi connectivity index (χ3n) is 7.38. The Kier molecular flexibility index (Phi) is 7.85. The SMILES string of the molecule is Cc1cccc(C(C)C)c1-n1c(=O)nc(N2CCN(C(=O)OC(C)(C)C)CC2)c2cc(F)c(-c3c(O)cccc3F)nc21. The minimum Gasteiger partial charge on any atom is -0.507 e. The molecule has 1 amide bonds. The number of rotatable bonds is 4. The first kappa shape index (κ1) is 29.9. The molecule has 43 heavy (non-hydrogen) atoms. The molecular weight excluding hydrogens is 556 g/mol. The van der Waals surface area contributed by atoms with Gasteiger partial charge in [0.1, 0.15) is 28.7 Å². The number of benzene rings is 2. The lowest BCUT2D eigenvalue weighted by molar-refractivity contribution is 0.0240.